The molecule has 2 aliphatic carbocycles. The molecule has 5 heteroatoms. The SMILES string of the molecule is CCNc1cc2c(cc1C)N=C1C(=CC(NCC)C3=C1C(=O)CC=C3)O2. The van der Waals surface area contributed by atoms with Crippen molar-refractivity contribution in [1.82, 2.24) is 5.32 Å². The van der Waals surface area contributed by atoms with Crippen LogP contribution in [-0.2, 0) is 4.79 Å². The van der Waals surface area contributed by atoms with E-state index in [4.69, 9.17) is 9.73 Å². The van der Waals surface area contributed by atoms with Crippen LogP contribution < -0.4 is 15.4 Å². The van der Waals surface area contributed by atoms with Crippen molar-refractivity contribution in [3.8, 4) is 5.75 Å². The molecule has 0 saturated heterocycles. The molecule has 2 N–H and O–H groups in total. The van der Waals surface area contributed by atoms with Crippen molar-refractivity contribution in [3.05, 3.63) is 52.8 Å². The molecule has 1 aromatic rings. The topological polar surface area (TPSA) is 62.7 Å². The Morgan fingerprint density at radius 2 is 2.12 bits per heavy atom. The number of rotatable bonds is 4. The molecule has 1 aromatic carbocycles. The molecular formula is C21H23N3O2. The minimum Gasteiger partial charge on any atom is -0.453 e. The number of fused-ring (bicyclic) bond motifs is 3. The Hall–Kier alpha value is -2.66. The van der Waals surface area contributed by atoms with E-state index in [1.165, 1.54) is 0 Å². The number of carbonyl (C=O) groups excluding carboxylic acids is 1. The van der Waals surface area contributed by atoms with Gasteiger partial charge in [-0.2, -0.15) is 0 Å². The quantitative estimate of drug-likeness (QED) is 0.872. The van der Waals surface area contributed by atoms with Gasteiger partial charge in [0.1, 0.15) is 11.4 Å². The predicted molar refractivity (Wildman–Crippen MR) is 104 cm³/mol. The number of hydrogen-bond donors (Lipinski definition) is 2. The summed E-state index contributed by atoms with van der Waals surface area (Å²) in [6, 6.07) is 3.96. The van der Waals surface area contributed by atoms with Crippen LogP contribution in [0, 0.1) is 6.92 Å². The number of allylic oxidation sites excluding steroid dienone is 2. The maximum atomic E-state index is 12.6. The summed E-state index contributed by atoms with van der Waals surface area (Å²) in [5.74, 6) is 1.49. The molecule has 4 rings (SSSR count). The van der Waals surface area contributed by atoms with Gasteiger partial charge in [0.2, 0.25) is 0 Å². The molecule has 1 heterocycles. The Bertz CT molecular complexity index is 906. The maximum Gasteiger partial charge on any atom is 0.169 e. The Morgan fingerprint density at radius 3 is 2.88 bits per heavy atom. The van der Waals surface area contributed by atoms with Crippen LogP contribution in [0.2, 0.25) is 0 Å². The number of aryl methyl sites for hydroxylation is 1. The maximum absolute atomic E-state index is 12.6. The van der Waals surface area contributed by atoms with Gasteiger partial charge in [-0.05, 0) is 43.7 Å². The number of nitrogens with zero attached hydrogens (tertiary/aromatic N) is 1. The molecule has 0 bridgehead atoms. The summed E-state index contributed by atoms with van der Waals surface area (Å²) in [6.45, 7) is 7.82. The minimum atomic E-state index is -0.0373. The first-order valence-electron chi connectivity index (χ1n) is 9.17. The fourth-order valence-corrected chi connectivity index (χ4v) is 3.65. The van der Waals surface area contributed by atoms with Gasteiger partial charge in [0.05, 0.1) is 11.6 Å². The molecule has 0 fully saturated rings. The summed E-state index contributed by atoms with van der Waals surface area (Å²) in [5.41, 5.74) is 5.25. The van der Waals surface area contributed by atoms with Crippen LogP contribution in [0.15, 0.2) is 52.3 Å². The normalized spacial score (nSPS) is 20.6. The Kier molecular flexibility index (Phi) is 4.24. The van der Waals surface area contributed by atoms with Crippen molar-refractivity contribution in [2.45, 2.75) is 33.2 Å². The van der Waals surface area contributed by atoms with Crippen molar-refractivity contribution in [2.75, 3.05) is 18.4 Å². The molecule has 0 saturated carbocycles. The number of carbonyl (C=O) groups is 1. The Balaban J connectivity index is 1.85. The Morgan fingerprint density at radius 1 is 1.27 bits per heavy atom. The second-order valence-electron chi connectivity index (χ2n) is 6.65. The van der Waals surface area contributed by atoms with E-state index in [1.54, 1.807) is 0 Å². The van der Waals surface area contributed by atoms with Crippen LogP contribution in [0.4, 0.5) is 11.4 Å². The Labute approximate surface area is 153 Å². The van der Waals surface area contributed by atoms with Crippen LogP contribution in [0.25, 0.3) is 0 Å². The highest BCUT2D eigenvalue weighted by molar-refractivity contribution is 6.31. The predicted octanol–water partition coefficient (Wildman–Crippen LogP) is 3.59. The molecule has 0 radical (unpaired) electrons. The number of ether oxygens (including phenoxy) is 1. The zero-order valence-electron chi connectivity index (χ0n) is 15.3. The smallest absolute Gasteiger partial charge is 0.169 e. The van der Waals surface area contributed by atoms with Crippen LogP contribution in [-0.4, -0.2) is 30.6 Å². The van der Waals surface area contributed by atoms with Gasteiger partial charge < -0.3 is 15.4 Å². The molecule has 5 nitrogen and oxygen atoms in total. The molecule has 26 heavy (non-hydrogen) atoms. The molecule has 1 aliphatic heterocycles. The van der Waals surface area contributed by atoms with E-state index < -0.39 is 0 Å². The zero-order chi connectivity index (χ0) is 18.3. The van der Waals surface area contributed by atoms with Crippen LogP contribution in [0.3, 0.4) is 0 Å². The molecule has 0 aromatic heterocycles. The average molecular weight is 349 g/mol. The molecule has 1 atom stereocenters. The third-order valence-electron chi connectivity index (χ3n) is 4.84. The number of hydrogen-bond acceptors (Lipinski definition) is 5. The van der Waals surface area contributed by atoms with Crippen LogP contribution >= 0.6 is 0 Å². The summed E-state index contributed by atoms with van der Waals surface area (Å²) in [5, 5.41) is 6.76. The number of anilines is 1. The third kappa shape index (κ3) is 2.69. The van der Waals surface area contributed by atoms with Gasteiger partial charge in [-0.3, -0.25) is 4.79 Å². The fraction of sp³-hybridized carbons (Fsp3) is 0.333. The van der Waals surface area contributed by atoms with Gasteiger partial charge in [0, 0.05) is 24.7 Å². The van der Waals surface area contributed by atoms with Gasteiger partial charge >= 0.3 is 0 Å². The fourth-order valence-electron chi connectivity index (χ4n) is 3.65. The van der Waals surface area contributed by atoms with Gasteiger partial charge in [-0.15, -0.1) is 0 Å². The van der Waals surface area contributed by atoms with Crippen molar-refractivity contribution in [3.63, 3.8) is 0 Å². The van der Waals surface area contributed by atoms with Crippen molar-refractivity contribution < 1.29 is 9.53 Å². The summed E-state index contributed by atoms with van der Waals surface area (Å²) in [4.78, 5) is 17.5. The molecule has 134 valence electrons. The second kappa shape index (κ2) is 6.57. The highest BCUT2D eigenvalue weighted by atomic mass is 16.5. The van der Waals surface area contributed by atoms with Crippen molar-refractivity contribution >= 4 is 22.9 Å². The molecular weight excluding hydrogens is 326 g/mol. The van der Waals surface area contributed by atoms with E-state index in [2.05, 4.69) is 24.5 Å². The first-order chi connectivity index (χ1) is 12.6. The van der Waals surface area contributed by atoms with Crippen LogP contribution in [0.1, 0.15) is 25.8 Å². The summed E-state index contributed by atoms with van der Waals surface area (Å²) in [6.07, 6.45) is 6.40. The number of nitrogens with one attached hydrogen (secondary N) is 2. The van der Waals surface area contributed by atoms with Gasteiger partial charge in [-0.1, -0.05) is 19.1 Å². The highest BCUT2D eigenvalue weighted by Crippen LogP contribution is 2.41. The first-order valence-corrected chi connectivity index (χ1v) is 9.17. The van der Waals surface area contributed by atoms with Crippen LogP contribution in [0.5, 0.6) is 5.75 Å². The summed E-state index contributed by atoms with van der Waals surface area (Å²) < 4.78 is 6.19. The highest BCUT2D eigenvalue weighted by Gasteiger charge is 2.35. The lowest BCUT2D eigenvalue weighted by molar-refractivity contribution is -0.114. The first kappa shape index (κ1) is 16.8. The number of benzene rings is 1. The van der Waals surface area contributed by atoms with E-state index >= 15 is 0 Å². The molecule has 0 spiro atoms. The number of Topliss-reactive ketones (excluding diaryl/α,β-unsaturated/α-hetero) is 1. The van der Waals surface area contributed by atoms with Gasteiger partial charge in [0.15, 0.2) is 17.3 Å². The molecule has 3 aliphatic rings. The largest absolute Gasteiger partial charge is 0.453 e. The van der Waals surface area contributed by atoms with Crippen molar-refractivity contribution in [2.24, 2.45) is 4.99 Å². The lowest BCUT2D eigenvalue weighted by Crippen LogP contribution is -2.38. The monoisotopic (exact) mass is 349 g/mol. The molecule has 0 amide bonds. The van der Waals surface area contributed by atoms with Crippen molar-refractivity contribution in [1.29, 1.82) is 0 Å². The minimum absolute atomic E-state index is 0.0373. The standard InChI is InChI=1S/C21H23N3O2/c1-4-22-14-10-18-16(9-12(14)3)24-21-19(26-18)11-15(23-5-2)13-7-6-8-17(25)20(13)21/h6-7,9-11,15,22-23H,4-5,8H2,1-3H3. The number of likely N-dealkylation sites (N-methyl/N-ethyl adjacent to an activating group) is 1. The number of aliphatic imine (C=N–C) groups is 1. The summed E-state index contributed by atoms with van der Waals surface area (Å²) in [7, 11) is 0. The van der Waals surface area contributed by atoms with Gasteiger partial charge in [-0.25, -0.2) is 4.99 Å². The summed E-state index contributed by atoms with van der Waals surface area (Å²) >= 11 is 0. The van der Waals surface area contributed by atoms with E-state index in [9.17, 15) is 4.79 Å². The lowest BCUT2D eigenvalue weighted by atomic mass is 9.83. The van der Waals surface area contributed by atoms with E-state index in [0.717, 1.165) is 41.4 Å². The lowest BCUT2D eigenvalue weighted by Gasteiger charge is -2.31. The van der Waals surface area contributed by atoms with E-state index in [-0.39, 0.29) is 11.8 Å². The van der Waals surface area contributed by atoms with E-state index in [0.29, 0.717) is 23.5 Å². The zero-order valence-corrected chi connectivity index (χ0v) is 15.3. The second-order valence-corrected chi connectivity index (χ2v) is 6.65. The van der Waals surface area contributed by atoms with E-state index in [1.807, 2.05) is 37.3 Å². The average Bonchev–Trinajstić information content (AvgIpc) is 2.62. The van der Waals surface area contributed by atoms with Gasteiger partial charge in [0.25, 0.3) is 0 Å². The third-order valence-corrected chi connectivity index (χ3v) is 4.84. The molecule has 1 unspecified atom stereocenters. The number of ketones is 1.